The Morgan fingerprint density at radius 2 is 1.76 bits per heavy atom. The summed E-state index contributed by atoms with van der Waals surface area (Å²) < 4.78 is 34.3. The lowest BCUT2D eigenvalue weighted by molar-refractivity contribution is 0.0376. The van der Waals surface area contributed by atoms with Crippen LogP contribution in [0.3, 0.4) is 0 Å². The van der Waals surface area contributed by atoms with Gasteiger partial charge in [0.15, 0.2) is 0 Å². The van der Waals surface area contributed by atoms with Crippen molar-refractivity contribution in [1.82, 2.24) is 13.9 Å². The van der Waals surface area contributed by atoms with Crippen LogP contribution >= 0.6 is 0 Å². The predicted octanol–water partition coefficient (Wildman–Crippen LogP) is 0.521. The molecule has 0 spiro atoms. The van der Waals surface area contributed by atoms with Crippen LogP contribution in [0.15, 0.2) is 0 Å². The molecule has 2 heterocycles. The van der Waals surface area contributed by atoms with Gasteiger partial charge in [0.1, 0.15) is 0 Å². The van der Waals surface area contributed by atoms with E-state index >= 15 is 0 Å². The summed E-state index contributed by atoms with van der Waals surface area (Å²) in [4.78, 5) is 2.32. The molecule has 6 nitrogen and oxygen atoms in total. The molecule has 1 N–H and O–H groups in total. The van der Waals surface area contributed by atoms with E-state index in [1.807, 2.05) is 0 Å². The van der Waals surface area contributed by atoms with Crippen LogP contribution in [-0.4, -0.2) is 70.1 Å². The van der Waals surface area contributed by atoms with Crippen molar-refractivity contribution in [3.05, 3.63) is 0 Å². The molecular weight excluding hydrogens is 290 g/mol. The fourth-order valence-corrected chi connectivity index (χ4v) is 4.71. The van der Waals surface area contributed by atoms with Crippen LogP contribution < -0.4 is 4.72 Å². The van der Waals surface area contributed by atoms with Crippen molar-refractivity contribution in [2.24, 2.45) is 11.8 Å². The zero-order valence-corrected chi connectivity index (χ0v) is 14.1. The number of nitrogens with zero attached hydrogens (tertiary/aromatic N) is 2. The van der Waals surface area contributed by atoms with E-state index in [0.717, 1.165) is 45.7 Å². The first-order valence-electron chi connectivity index (χ1n) is 8.02. The lowest BCUT2D eigenvalue weighted by atomic mass is 9.94. The molecule has 0 aliphatic carbocycles. The number of rotatable bonds is 6. The van der Waals surface area contributed by atoms with Gasteiger partial charge in [0, 0.05) is 32.7 Å². The SMILES string of the molecule is CC1CC(C)CN(S(=O)(=O)NCCCN2CCOCC2)C1. The van der Waals surface area contributed by atoms with E-state index in [-0.39, 0.29) is 0 Å². The Morgan fingerprint density at radius 3 is 2.38 bits per heavy atom. The molecule has 2 atom stereocenters. The topological polar surface area (TPSA) is 61.9 Å². The summed E-state index contributed by atoms with van der Waals surface area (Å²) in [5.41, 5.74) is 0. The summed E-state index contributed by atoms with van der Waals surface area (Å²) in [6.07, 6.45) is 1.96. The molecule has 124 valence electrons. The quantitative estimate of drug-likeness (QED) is 0.725. The highest BCUT2D eigenvalue weighted by Gasteiger charge is 2.29. The molecule has 2 aliphatic heterocycles. The zero-order chi connectivity index (χ0) is 15.3. The van der Waals surface area contributed by atoms with Crippen LogP contribution in [0.2, 0.25) is 0 Å². The Kier molecular flexibility index (Phi) is 6.43. The fraction of sp³-hybridized carbons (Fsp3) is 1.00. The van der Waals surface area contributed by atoms with Gasteiger partial charge < -0.3 is 4.74 Å². The minimum atomic E-state index is -3.31. The zero-order valence-electron chi connectivity index (χ0n) is 13.3. The van der Waals surface area contributed by atoms with Crippen LogP contribution in [0, 0.1) is 11.8 Å². The molecule has 0 amide bonds. The van der Waals surface area contributed by atoms with Crippen molar-refractivity contribution < 1.29 is 13.2 Å². The van der Waals surface area contributed by atoms with E-state index in [1.165, 1.54) is 0 Å². The Morgan fingerprint density at radius 1 is 1.14 bits per heavy atom. The molecule has 2 rings (SSSR count). The third-order valence-corrected chi connectivity index (χ3v) is 5.76. The maximum atomic E-state index is 12.3. The van der Waals surface area contributed by atoms with Crippen molar-refractivity contribution >= 4 is 10.2 Å². The van der Waals surface area contributed by atoms with Gasteiger partial charge in [-0.2, -0.15) is 12.7 Å². The standard InChI is InChI=1S/C14H29N3O3S/c1-13-10-14(2)12-17(11-13)21(18,19)15-4-3-5-16-6-8-20-9-7-16/h13-15H,3-12H2,1-2H3. The van der Waals surface area contributed by atoms with E-state index in [9.17, 15) is 8.42 Å². The molecule has 2 aliphatic rings. The minimum absolute atomic E-state index is 0.443. The second-order valence-corrected chi connectivity index (χ2v) is 8.23. The molecule has 0 aromatic heterocycles. The van der Waals surface area contributed by atoms with E-state index in [2.05, 4.69) is 23.5 Å². The van der Waals surface area contributed by atoms with Gasteiger partial charge in [-0.15, -0.1) is 0 Å². The predicted molar refractivity (Wildman–Crippen MR) is 83.3 cm³/mol. The van der Waals surface area contributed by atoms with Crippen LogP contribution in [0.25, 0.3) is 0 Å². The first-order valence-corrected chi connectivity index (χ1v) is 9.46. The van der Waals surface area contributed by atoms with Crippen molar-refractivity contribution in [2.75, 3.05) is 52.5 Å². The maximum Gasteiger partial charge on any atom is 0.279 e. The van der Waals surface area contributed by atoms with Gasteiger partial charge in [0.2, 0.25) is 0 Å². The summed E-state index contributed by atoms with van der Waals surface area (Å²) >= 11 is 0. The molecular formula is C14H29N3O3S. The normalized spacial score (nSPS) is 29.6. The molecule has 0 radical (unpaired) electrons. The molecule has 0 bridgehead atoms. The van der Waals surface area contributed by atoms with Gasteiger partial charge in [0.05, 0.1) is 13.2 Å². The van der Waals surface area contributed by atoms with Crippen LogP contribution in [-0.2, 0) is 14.9 Å². The molecule has 0 aromatic carbocycles. The highest BCUT2D eigenvalue weighted by molar-refractivity contribution is 7.87. The van der Waals surface area contributed by atoms with E-state index < -0.39 is 10.2 Å². The van der Waals surface area contributed by atoms with E-state index in [4.69, 9.17) is 4.74 Å². The van der Waals surface area contributed by atoms with Gasteiger partial charge >= 0.3 is 0 Å². The first kappa shape index (κ1) is 17.1. The monoisotopic (exact) mass is 319 g/mol. The number of nitrogens with one attached hydrogen (secondary N) is 1. The average Bonchev–Trinajstić information content (AvgIpc) is 2.44. The molecule has 7 heteroatoms. The van der Waals surface area contributed by atoms with Crippen LogP contribution in [0.5, 0.6) is 0 Å². The summed E-state index contributed by atoms with van der Waals surface area (Å²) in [5, 5.41) is 0. The van der Waals surface area contributed by atoms with Crippen molar-refractivity contribution in [2.45, 2.75) is 26.7 Å². The van der Waals surface area contributed by atoms with Gasteiger partial charge in [0.25, 0.3) is 10.2 Å². The molecule has 0 saturated carbocycles. The molecule has 2 saturated heterocycles. The third-order valence-electron chi connectivity index (χ3n) is 4.21. The summed E-state index contributed by atoms with van der Waals surface area (Å²) in [6.45, 7) is 10.4. The lowest BCUT2D eigenvalue weighted by Gasteiger charge is -2.34. The van der Waals surface area contributed by atoms with Crippen molar-refractivity contribution in [3.63, 3.8) is 0 Å². The molecule has 0 aromatic rings. The highest BCUT2D eigenvalue weighted by atomic mass is 32.2. The number of hydrogen-bond donors (Lipinski definition) is 1. The smallest absolute Gasteiger partial charge is 0.279 e. The van der Waals surface area contributed by atoms with Gasteiger partial charge in [-0.05, 0) is 31.2 Å². The highest BCUT2D eigenvalue weighted by Crippen LogP contribution is 2.22. The van der Waals surface area contributed by atoms with Crippen molar-refractivity contribution in [1.29, 1.82) is 0 Å². The third kappa shape index (κ3) is 5.49. The average molecular weight is 319 g/mol. The van der Waals surface area contributed by atoms with Crippen molar-refractivity contribution in [3.8, 4) is 0 Å². The fourth-order valence-electron chi connectivity index (χ4n) is 3.22. The number of ether oxygens (including phenoxy) is 1. The number of piperidine rings is 1. The van der Waals surface area contributed by atoms with Crippen LogP contribution in [0.4, 0.5) is 0 Å². The Balaban J connectivity index is 1.70. The lowest BCUT2D eigenvalue weighted by Crippen LogP contribution is -2.48. The van der Waals surface area contributed by atoms with E-state index in [1.54, 1.807) is 4.31 Å². The Bertz CT molecular complexity index is 400. The second kappa shape index (κ2) is 7.87. The number of morpholine rings is 1. The first-order chi connectivity index (χ1) is 9.97. The summed E-state index contributed by atoms with van der Waals surface area (Å²) in [7, 11) is -3.31. The van der Waals surface area contributed by atoms with Crippen LogP contribution in [0.1, 0.15) is 26.7 Å². The minimum Gasteiger partial charge on any atom is -0.379 e. The Hall–Kier alpha value is -0.210. The van der Waals surface area contributed by atoms with Gasteiger partial charge in [-0.1, -0.05) is 13.8 Å². The number of hydrogen-bond acceptors (Lipinski definition) is 4. The van der Waals surface area contributed by atoms with Gasteiger partial charge in [-0.3, -0.25) is 4.90 Å². The Labute approximate surface area is 129 Å². The summed E-state index contributed by atoms with van der Waals surface area (Å²) in [6, 6.07) is 0. The summed E-state index contributed by atoms with van der Waals surface area (Å²) in [5.74, 6) is 0.886. The molecule has 21 heavy (non-hydrogen) atoms. The molecule has 2 fully saturated rings. The molecule has 2 unspecified atom stereocenters. The van der Waals surface area contributed by atoms with E-state index in [0.29, 0.717) is 31.5 Å². The van der Waals surface area contributed by atoms with Gasteiger partial charge in [-0.25, -0.2) is 4.72 Å². The maximum absolute atomic E-state index is 12.3. The largest absolute Gasteiger partial charge is 0.379 e. The second-order valence-electron chi connectivity index (χ2n) is 6.47.